The van der Waals surface area contributed by atoms with Crippen molar-refractivity contribution in [3.05, 3.63) is 42.2 Å². The molecule has 0 atom stereocenters. The fraction of sp³-hybridized carbons (Fsp3) is 0.316. The van der Waals surface area contributed by atoms with Gasteiger partial charge in [0.15, 0.2) is 0 Å². The average molecular weight is 352 g/mol. The Morgan fingerprint density at radius 1 is 1.23 bits per heavy atom. The molecule has 1 aliphatic rings. The second-order valence-electron chi connectivity index (χ2n) is 6.26. The van der Waals surface area contributed by atoms with Gasteiger partial charge >= 0.3 is 0 Å². The Morgan fingerprint density at radius 3 is 2.73 bits per heavy atom. The second-order valence-corrected chi connectivity index (χ2v) is 6.26. The maximum absolute atomic E-state index is 12.7. The lowest BCUT2D eigenvalue weighted by Gasteiger charge is -2.27. The highest BCUT2D eigenvalue weighted by atomic mass is 16.5. The van der Waals surface area contributed by atoms with Crippen molar-refractivity contribution in [2.75, 3.05) is 33.4 Å². The predicted molar refractivity (Wildman–Crippen MR) is 97.2 cm³/mol. The van der Waals surface area contributed by atoms with Crippen LogP contribution in [0.5, 0.6) is 5.88 Å². The molecule has 0 saturated carbocycles. The molecule has 7 heteroatoms. The molecular formula is C19H20N4O3. The average Bonchev–Trinajstić information content (AvgIpc) is 3.12. The van der Waals surface area contributed by atoms with Gasteiger partial charge in [-0.25, -0.2) is 4.98 Å². The maximum Gasteiger partial charge on any atom is 0.254 e. The Kier molecular flexibility index (Phi) is 4.30. The highest BCUT2D eigenvalue weighted by Gasteiger charge is 2.19. The van der Waals surface area contributed by atoms with Gasteiger partial charge in [-0.3, -0.25) is 9.48 Å². The van der Waals surface area contributed by atoms with Gasteiger partial charge in [0, 0.05) is 48.4 Å². The minimum Gasteiger partial charge on any atom is -0.481 e. The number of rotatable bonds is 3. The van der Waals surface area contributed by atoms with E-state index in [9.17, 15) is 4.79 Å². The van der Waals surface area contributed by atoms with Gasteiger partial charge in [-0.1, -0.05) is 0 Å². The van der Waals surface area contributed by atoms with Crippen molar-refractivity contribution in [1.29, 1.82) is 0 Å². The number of aromatic nitrogens is 3. The molecule has 0 unspecified atom stereocenters. The Hall–Kier alpha value is -2.93. The summed E-state index contributed by atoms with van der Waals surface area (Å²) in [5.41, 5.74) is 3.21. The van der Waals surface area contributed by atoms with Crippen molar-refractivity contribution < 1.29 is 14.3 Å². The zero-order chi connectivity index (χ0) is 18.1. The van der Waals surface area contributed by atoms with Crippen molar-refractivity contribution in [3.8, 4) is 17.0 Å². The molecule has 0 spiro atoms. The number of hydrogen-bond donors (Lipinski definition) is 0. The lowest BCUT2D eigenvalue weighted by molar-refractivity contribution is 0.0303. The zero-order valence-electron chi connectivity index (χ0n) is 14.8. The van der Waals surface area contributed by atoms with Gasteiger partial charge in [-0.15, -0.1) is 0 Å². The monoisotopic (exact) mass is 352 g/mol. The first-order valence-corrected chi connectivity index (χ1v) is 8.50. The predicted octanol–water partition coefficient (Wildman–Crippen LogP) is 2.12. The van der Waals surface area contributed by atoms with Crippen molar-refractivity contribution >= 4 is 16.8 Å². The highest BCUT2D eigenvalue weighted by molar-refractivity contribution is 5.99. The number of hydrogen-bond acceptors (Lipinski definition) is 5. The van der Waals surface area contributed by atoms with E-state index < -0.39 is 0 Å². The van der Waals surface area contributed by atoms with Crippen LogP contribution >= 0.6 is 0 Å². The van der Waals surface area contributed by atoms with Gasteiger partial charge in [-0.2, -0.15) is 5.10 Å². The molecule has 1 aromatic carbocycles. The molecule has 1 fully saturated rings. The van der Waals surface area contributed by atoms with Crippen LogP contribution in [0.2, 0.25) is 0 Å². The first-order valence-electron chi connectivity index (χ1n) is 8.50. The molecule has 7 nitrogen and oxygen atoms in total. The van der Waals surface area contributed by atoms with E-state index in [1.54, 1.807) is 18.0 Å². The summed E-state index contributed by atoms with van der Waals surface area (Å²) < 4.78 is 12.5. The number of fused-ring (bicyclic) bond motifs is 1. The zero-order valence-corrected chi connectivity index (χ0v) is 14.8. The van der Waals surface area contributed by atoms with E-state index in [2.05, 4.69) is 10.1 Å². The molecule has 1 amide bonds. The van der Waals surface area contributed by atoms with E-state index in [1.165, 1.54) is 0 Å². The molecule has 0 aliphatic carbocycles. The fourth-order valence-corrected chi connectivity index (χ4v) is 3.16. The SMILES string of the molecule is COc1nc2ccc(C(=O)N3CCOCC3)cc2cc1-c1cnn(C)c1. The summed E-state index contributed by atoms with van der Waals surface area (Å²) >= 11 is 0. The standard InChI is InChI=1S/C19H20N4O3/c1-22-12-15(11-20-22)16-10-14-9-13(3-4-17(14)21-18(16)25-2)19(24)23-5-7-26-8-6-23/h3-4,9-12H,5-8H2,1-2H3. The smallest absolute Gasteiger partial charge is 0.254 e. The lowest BCUT2D eigenvalue weighted by atomic mass is 10.1. The number of nitrogens with zero attached hydrogens (tertiary/aromatic N) is 4. The third kappa shape index (κ3) is 3.01. The largest absolute Gasteiger partial charge is 0.481 e. The summed E-state index contributed by atoms with van der Waals surface area (Å²) in [6, 6.07) is 7.56. The van der Waals surface area contributed by atoms with E-state index in [0.29, 0.717) is 37.7 Å². The van der Waals surface area contributed by atoms with Crippen LogP contribution in [0.1, 0.15) is 10.4 Å². The molecule has 4 rings (SSSR count). The van der Waals surface area contributed by atoms with Crippen molar-refractivity contribution in [1.82, 2.24) is 19.7 Å². The van der Waals surface area contributed by atoms with Crippen LogP contribution in [-0.2, 0) is 11.8 Å². The third-order valence-electron chi connectivity index (χ3n) is 4.53. The number of benzene rings is 1. The van der Waals surface area contributed by atoms with Gasteiger partial charge in [0.25, 0.3) is 5.91 Å². The lowest BCUT2D eigenvalue weighted by Crippen LogP contribution is -2.40. The van der Waals surface area contributed by atoms with E-state index >= 15 is 0 Å². The van der Waals surface area contributed by atoms with Crippen molar-refractivity contribution in [2.24, 2.45) is 7.05 Å². The summed E-state index contributed by atoms with van der Waals surface area (Å²) in [4.78, 5) is 19.1. The first-order chi connectivity index (χ1) is 12.7. The number of carbonyl (C=O) groups excluding carboxylic acids is 1. The van der Waals surface area contributed by atoms with Crippen LogP contribution < -0.4 is 4.74 Å². The van der Waals surface area contributed by atoms with Crippen LogP contribution in [0.4, 0.5) is 0 Å². The molecule has 3 heterocycles. The summed E-state index contributed by atoms with van der Waals surface area (Å²) in [6.07, 6.45) is 3.68. The number of carbonyl (C=O) groups is 1. The quantitative estimate of drug-likeness (QED) is 0.722. The third-order valence-corrected chi connectivity index (χ3v) is 4.53. The second kappa shape index (κ2) is 6.76. The van der Waals surface area contributed by atoms with E-state index in [0.717, 1.165) is 22.0 Å². The van der Waals surface area contributed by atoms with Gasteiger partial charge in [0.2, 0.25) is 5.88 Å². The molecule has 2 aromatic heterocycles. The summed E-state index contributed by atoms with van der Waals surface area (Å²) in [7, 11) is 3.47. The number of amides is 1. The Bertz CT molecular complexity index is 961. The van der Waals surface area contributed by atoms with Crippen molar-refractivity contribution in [3.63, 3.8) is 0 Å². The minimum atomic E-state index is 0.0222. The van der Waals surface area contributed by atoms with Gasteiger partial charge < -0.3 is 14.4 Å². The number of ether oxygens (including phenoxy) is 2. The normalized spacial score (nSPS) is 14.6. The van der Waals surface area contributed by atoms with E-state index in [1.807, 2.05) is 42.4 Å². The molecule has 0 radical (unpaired) electrons. The van der Waals surface area contributed by atoms with Crippen LogP contribution in [0.3, 0.4) is 0 Å². The van der Waals surface area contributed by atoms with Gasteiger partial charge in [-0.05, 0) is 24.3 Å². The first kappa shape index (κ1) is 16.5. The minimum absolute atomic E-state index is 0.0222. The van der Waals surface area contributed by atoms with Crippen molar-refractivity contribution in [2.45, 2.75) is 0 Å². The summed E-state index contributed by atoms with van der Waals surface area (Å²) in [6.45, 7) is 2.42. The van der Waals surface area contributed by atoms with Crippen LogP contribution in [-0.4, -0.2) is 59.0 Å². The molecular weight excluding hydrogens is 332 g/mol. The Morgan fingerprint density at radius 2 is 2.04 bits per heavy atom. The van der Waals surface area contributed by atoms with Crippen LogP contribution in [0.15, 0.2) is 36.7 Å². The van der Waals surface area contributed by atoms with Crippen LogP contribution in [0, 0.1) is 0 Å². The number of methoxy groups -OCH3 is 1. The number of morpholine rings is 1. The highest BCUT2D eigenvalue weighted by Crippen LogP contribution is 2.31. The maximum atomic E-state index is 12.7. The molecule has 26 heavy (non-hydrogen) atoms. The van der Waals surface area contributed by atoms with E-state index in [4.69, 9.17) is 9.47 Å². The van der Waals surface area contributed by atoms with Gasteiger partial charge in [0.1, 0.15) is 0 Å². The number of pyridine rings is 1. The fourth-order valence-electron chi connectivity index (χ4n) is 3.16. The summed E-state index contributed by atoms with van der Waals surface area (Å²) in [5.74, 6) is 0.562. The molecule has 1 aliphatic heterocycles. The van der Waals surface area contributed by atoms with Crippen LogP contribution in [0.25, 0.3) is 22.0 Å². The summed E-state index contributed by atoms with van der Waals surface area (Å²) in [5, 5.41) is 5.11. The Balaban J connectivity index is 1.76. The Labute approximate surface area is 151 Å². The molecule has 3 aromatic rings. The molecule has 0 N–H and O–H groups in total. The topological polar surface area (TPSA) is 69.5 Å². The van der Waals surface area contributed by atoms with Gasteiger partial charge in [0.05, 0.1) is 32.0 Å². The van der Waals surface area contributed by atoms with E-state index in [-0.39, 0.29) is 5.91 Å². The number of aryl methyl sites for hydroxylation is 1. The molecule has 1 saturated heterocycles. The molecule has 0 bridgehead atoms. The molecule has 134 valence electrons.